The Balaban J connectivity index is 2.85. The van der Waals surface area contributed by atoms with Gasteiger partial charge in [0.05, 0.1) is 20.3 Å². The van der Waals surface area contributed by atoms with Crippen LogP contribution in [0, 0.1) is 0 Å². The van der Waals surface area contributed by atoms with Crippen molar-refractivity contribution in [3.8, 4) is 11.5 Å². The predicted molar refractivity (Wildman–Crippen MR) is 58.6 cm³/mol. The zero-order chi connectivity index (χ0) is 12.0. The maximum atomic E-state index is 10.1. The van der Waals surface area contributed by atoms with Gasteiger partial charge in [-0.25, -0.2) is 0 Å². The lowest BCUT2D eigenvalue weighted by molar-refractivity contribution is -0.109. The Morgan fingerprint density at radius 3 is 2.62 bits per heavy atom. The summed E-state index contributed by atoms with van der Waals surface area (Å²) in [6.07, 6.45) is -0.214. The van der Waals surface area contributed by atoms with Gasteiger partial charge in [0.15, 0.2) is 11.5 Å². The Bertz CT molecular complexity index is 354. The molecule has 0 saturated carbocycles. The van der Waals surface area contributed by atoms with Crippen LogP contribution in [0.25, 0.3) is 0 Å². The van der Waals surface area contributed by atoms with Crippen LogP contribution in [-0.4, -0.2) is 32.3 Å². The topological polar surface area (TPSA) is 67.8 Å². The fourth-order valence-electron chi connectivity index (χ4n) is 1.34. The zero-order valence-electron chi connectivity index (χ0n) is 9.27. The number of carbonyl (C=O) groups is 1. The molecule has 1 aromatic carbocycles. The van der Waals surface area contributed by atoms with Gasteiger partial charge in [0.25, 0.3) is 0 Å². The third kappa shape index (κ3) is 2.87. The number of methoxy groups -OCH3 is 2. The van der Waals surface area contributed by atoms with E-state index in [1.165, 1.54) is 7.11 Å². The summed E-state index contributed by atoms with van der Waals surface area (Å²) < 4.78 is 10.2. The van der Waals surface area contributed by atoms with Crippen molar-refractivity contribution in [1.29, 1.82) is 0 Å². The van der Waals surface area contributed by atoms with Crippen molar-refractivity contribution in [3.05, 3.63) is 23.8 Å². The van der Waals surface area contributed by atoms with E-state index in [4.69, 9.17) is 9.47 Å². The Kier molecular flexibility index (Phi) is 4.60. The first-order chi connectivity index (χ1) is 7.72. The van der Waals surface area contributed by atoms with Crippen LogP contribution in [0.4, 0.5) is 0 Å². The highest BCUT2D eigenvalue weighted by Gasteiger charge is 2.10. The van der Waals surface area contributed by atoms with Gasteiger partial charge < -0.3 is 19.9 Å². The molecule has 16 heavy (non-hydrogen) atoms. The molecule has 0 heterocycles. The molecule has 88 valence electrons. The molecule has 0 fully saturated rings. The first-order valence-corrected chi connectivity index (χ1v) is 4.80. The van der Waals surface area contributed by atoms with E-state index in [9.17, 15) is 9.90 Å². The van der Waals surface area contributed by atoms with Crippen LogP contribution < -0.4 is 14.8 Å². The Morgan fingerprint density at radius 1 is 1.38 bits per heavy atom. The monoisotopic (exact) mass is 225 g/mol. The second-order valence-electron chi connectivity index (χ2n) is 3.16. The van der Waals surface area contributed by atoms with Gasteiger partial charge in [-0.2, -0.15) is 0 Å². The van der Waals surface area contributed by atoms with Crippen LogP contribution >= 0.6 is 0 Å². The third-order valence-electron chi connectivity index (χ3n) is 2.19. The molecule has 1 rings (SSSR count). The molecule has 0 aliphatic heterocycles. The SMILES string of the molecule is COc1ccc(C(O)CNC=O)cc1OC. The molecule has 1 atom stereocenters. The number of hydrogen-bond donors (Lipinski definition) is 2. The van der Waals surface area contributed by atoms with Gasteiger partial charge in [0, 0.05) is 6.54 Å². The van der Waals surface area contributed by atoms with E-state index in [2.05, 4.69) is 5.32 Å². The van der Waals surface area contributed by atoms with Gasteiger partial charge in [-0.15, -0.1) is 0 Å². The summed E-state index contributed by atoms with van der Waals surface area (Å²) >= 11 is 0. The van der Waals surface area contributed by atoms with Crippen LogP contribution in [0.2, 0.25) is 0 Å². The van der Waals surface area contributed by atoms with Gasteiger partial charge in [0.2, 0.25) is 6.41 Å². The van der Waals surface area contributed by atoms with Gasteiger partial charge in [0.1, 0.15) is 0 Å². The number of benzene rings is 1. The molecule has 0 aromatic heterocycles. The summed E-state index contributed by atoms with van der Waals surface area (Å²) in [7, 11) is 3.07. The number of hydrogen-bond acceptors (Lipinski definition) is 4. The van der Waals surface area contributed by atoms with Gasteiger partial charge in [-0.3, -0.25) is 4.79 Å². The van der Waals surface area contributed by atoms with Crippen LogP contribution in [0.15, 0.2) is 18.2 Å². The van der Waals surface area contributed by atoms with E-state index in [0.29, 0.717) is 23.5 Å². The van der Waals surface area contributed by atoms with E-state index >= 15 is 0 Å². The van der Waals surface area contributed by atoms with Gasteiger partial charge in [-0.1, -0.05) is 6.07 Å². The lowest BCUT2D eigenvalue weighted by Gasteiger charge is -2.13. The molecule has 0 saturated heterocycles. The average molecular weight is 225 g/mol. The van der Waals surface area contributed by atoms with Gasteiger partial charge >= 0.3 is 0 Å². The molecule has 0 radical (unpaired) electrons. The number of nitrogens with one attached hydrogen (secondary N) is 1. The van der Waals surface area contributed by atoms with Crippen LogP contribution in [-0.2, 0) is 4.79 Å². The van der Waals surface area contributed by atoms with E-state index < -0.39 is 6.10 Å². The molecule has 0 bridgehead atoms. The minimum Gasteiger partial charge on any atom is -0.493 e. The summed E-state index contributed by atoms with van der Waals surface area (Å²) in [5.41, 5.74) is 0.659. The molecule has 5 heteroatoms. The number of rotatable bonds is 6. The van der Waals surface area contributed by atoms with Crippen molar-refractivity contribution in [2.45, 2.75) is 6.10 Å². The third-order valence-corrected chi connectivity index (χ3v) is 2.19. The van der Waals surface area contributed by atoms with E-state index in [-0.39, 0.29) is 6.54 Å². The number of carbonyl (C=O) groups excluding carboxylic acids is 1. The standard InChI is InChI=1S/C11H15NO4/c1-15-10-4-3-8(5-11(10)16-2)9(14)6-12-7-13/h3-5,7,9,14H,6H2,1-2H3,(H,12,13). The first kappa shape index (κ1) is 12.3. The van der Waals surface area contributed by atoms with Crippen LogP contribution in [0.3, 0.4) is 0 Å². The van der Waals surface area contributed by atoms with E-state index in [0.717, 1.165) is 0 Å². The van der Waals surface area contributed by atoms with Crippen molar-refractivity contribution in [2.24, 2.45) is 0 Å². The molecule has 1 unspecified atom stereocenters. The Labute approximate surface area is 94.0 Å². The number of aliphatic hydroxyl groups is 1. The van der Waals surface area contributed by atoms with Gasteiger partial charge in [-0.05, 0) is 17.7 Å². The summed E-state index contributed by atoms with van der Waals surface area (Å²) in [6, 6.07) is 5.10. The number of ether oxygens (including phenoxy) is 2. The number of aliphatic hydroxyl groups excluding tert-OH is 1. The molecule has 2 N–H and O–H groups in total. The summed E-state index contributed by atoms with van der Waals surface area (Å²) in [4.78, 5) is 10.1. The minimum absolute atomic E-state index is 0.166. The lowest BCUT2D eigenvalue weighted by Crippen LogP contribution is -2.19. The second kappa shape index (κ2) is 5.97. The lowest BCUT2D eigenvalue weighted by atomic mass is 10.1. The average Bonchev–Trinajstić information content (AvgIpc) is 2.34. The molecule has 0 spiro atoms. The van der Waals surface area contributed by atoms with Crippen molar-refractivity contribution >= 4 is 6.41 Å². The first-order valence-electron chi connectivity index (χ1n) is 4.80. The molecule has 1 amide bonds. The largest absolute Gasteiger partial charge is 0.493 e. The predicted octanol–water partition coefficient (Wildman–Crippen LogP) is 0.483. The fourth-order valence-corrected chi connectivity index (χ4v) is 1.34. The molecular weight excluding hydrogens is 210 g/mol. The van der Waals surface area contributed by atoms with Crippen molar-refractivity contribution in [2.75, 3.05) is 20.8 Å². The smallest absolute Gasteiger partial charge is 0.207 e. The van der Waals surface area contributed by atoms with Crippen LogP contribution in [0.5, 0.6) is 11.5 Å². The van der Waals surface area contributed by atoms with E-state index in [1.54, 1.807) is 25.3 Å². The maximum Gasteiger partial charge on any atom is 0.207 e. The summed E-state index contributed by atoms with van der Waals surface area (Å²) in [6.45, 7) is 0.166. The molecular formula is C11H15NO4. The summed E-state index contributed by atoms with van der Waals surface area (Å²) in [5.74, 6) is 1.15. The van der Waals surface area contributed by atoms with Crippen molar-refractivity contribution in [1.82, 2.24) is 5.32 Å². The highest BCUT2D eigenvalue weighted by atomic mass is 16.5. The normalized spacial score (nSPS) is 11.7. The van der Waals surface area contributed by atoms with Crippen molar-refractivity contribution in [3.63, 3.8) is 0 Å². The highest BCUT2D eigenvalue weighted by molar-refractivity contribution is 5.47. The molecule has 1 aromatic rings. The summed E-state index contributed by atoms with van der Waals surface area (Å²) in [5, 5.41) is 12.1. The number of amides is 1. The fraction of sp³-hybridized carbons (Fsp3) is 0.364. The minimum atomic E-state index is -0.759. The van der Waals surface area contributed by atoms with Crippen LogP contribution in [0.1, 0.15) is 11.7 Å². The quantitative estimate of drug-likeness (QED) is 0.691. The molecule has 0 aliphatic rings. The molecule has 0 aliphatic carbocycles. The Hall–Kier alpha value is -1.75. The molecule has 5 nitrogen and oxygen atoms in total. The second-order valence-corrected chi connectivity index (χ2v) is 3.16. The maximum absolute atomic E-state index is 10.1. The van der Waals surface area contributed by atoms with Crippen molar-refractivity contribution < 1.29 is 19.4 Å². The zero-order valence-corrected chi connectivity index (χ0v) is 9.27. The highest BCUT2D eigenvalue weighted by Crippen LogP contribution is 2.29. The van der Waals surface area contributed by atoms with E-state index in [1.807, 2.05) is 0 Å². The Morgan fingerprint density at radius 2 is 2.06 bits per heavy atom.